The third-order valence-electron chi connectivity index (χ3n) is 18.8. The van der Waals surface area contributed by atoms with Crippen LogP contribution in [0.2, 0.25) is 0 Å². The molecular weight excluding hydrogens is 1070 g/mol. The smallest absolute Gasteiger partial charge is 0.164 e. The van der Waals surface area contributed by atoms with Gasteiger partial charge in [0.15, 0.2) is 22.6 Å². The van der Waals surface area contributed by atoms with Crippen LogP contribution in [-0.2, 0) is 43.3 Å². The van der Waals surface area contributed by atoms with Gasteiger partial charge in [0.2, 0.25) is 0 Å². The number of aromatic amines is 2. The Bertz CT molecular complexity index is 4820. The monoisotopic (exact) mass is 1160 g/mol. The van der Waals surface area contributed by atoms with Crippen LogP contribution in [0.15, 0.2) is 97.1 Å². The van der Waals surface area contributed by atoms with Crippen LogP contribution in [0.3, 0.4) is 0 Å². The van der Waals surface area contributed by atoms with E-state index in [0.717, 1.165) is 43.1 Å². The van der Waals surface area contributed by atoms with Crippen LogP contribution in [-0.4, -0.2) is 39.9 Å². The van der Waals surface area contributed by atoms with Crippen molar-refractivity contribution >= 4 is 110 Å². The molecule has 5 aromatic heterocycles. The molecular formula is C80H90N8. The highest BCUT2D eigenvalue weighted by Gasteiger charge is 2.33. The number of fused-ring (bicyclic) bond motifs is 24. The molecule has 2 N–H and O–H groups in total. The first-order chi connectivity index (χ1) is 40.6. The van der Waals surface area contributed by atoms with Gasteiger partial charge in [0.25, 0.3) is 0 Å². The Morgan fingerprint density at radius 2 is 0.432 bits per heavy atom. The second kappa shape index (κ2) is 18.9. The average Bonchev–Trinajstić information content (AvgIpc) is 1.62. The summed E-state index contributed by atoms with van der Waals surface area (Å²) in [4.78, 5) is 42.0. The minimum absolute atomic E-state index is 0.114. The topological polar surface area (TPSA) is 109 Å². The maximum absolute atomic E-state index is 5.79. The van der Waals surface area contributed by atoms with Gasteiger partial charge in [0.1, 0.15) is 22.6 Å². The summed E-state index contributed by atoms with van der Waals surface area (Å²) in [6.45, 7) is 55.6. The molecule has 0 saturated heterocycles. The van der Waals surface area contributed by atoms with Crippen LogP contribution in [0.4, 0.5) is 0 Å². The van der Waals surface area contributed by atoms with Gasteiger partial charge < -0.3 is 9.97 Å². The van der Waals surface area contributed by atoms with E-state index in [9.17, 15) is 0 Å². The summed E-state index contributed by atoms with van der Waals surface area (Å²) in [6, 6.07) is 37.4. The van der Waals surface area contributed by atoms with Gasteiger partial charge in [-0.1, -0.05) is 215 Å². The number of hydrogen-bond donors (Lipinski definition) is 2. The standard InChI is InChI=1S/C80H90N8/c1-73(2,3)57-37-61(77(13,14)15)49-33-53-45(29-25-41(49)57)65-81-66-46-30-26-42-51(63(79(19,20)21)39-58(42)74(4,5)6)35-55(46)71(84-66)88-72-56-36-52-44(60(76(10,11)12)40-64(52)80(22,23)24)28-32-48(56)68(86-72)82-67-47-31-27-43-50(34-54(47)70(85-67)87-69(53)83-65)62(78(16,17)18)38-59(43)75(7,8)9/h25-40H,1-24H3,(H2,81,82,83,84,85,86,87,88). The van der Waals surface area contributed by atoms with Gasteiger partial charge in [-0.3, -0.25) is 0 Å². The molecule has 4 aromatic carbocycles. The molecule has 4 aliphatic rings. The minimum atomic E-state index is -0.151. The fourth-order valence-electron chi connectivity index (χ4n) is 14.2. The quantitative estimate of drug-likeness (QED) is 0.157. The van der Waals surface area contributed by atoms with E-state index < -0.39 is 0 Å². The van der Waals surface area contributed by atoms with E-state index in [1.54, 1.807) is 0 Å². The second-order valence-corrected chi connectivity index (χ2v) is 34.0. The molecule has 0 amide bonds. The highest BCUT2D eigenvalue weighted by atomic mass is 15.0. The molecule has 0 saturated carbocycles. The van der Waals surface area contributed by atoms with Gasteiger partial charge in [-0.25, -0.2) is 29.9 Å². The van der Waals surface area contributed by atoms with E-state index in [1.807, 2.05) is 0 Å². The molecule has 4 aliphatic carbocycles. The van der Waals surface area contributed by atoms with Crippen LogP contribution < -0.4 is 0 Å². The molecule has 0 spiro atoms. The van der Waals surface area contributed by atoms with E-state index >= 15 is 0 Å². The highest BCUT2D eigenvalue weighted by molar-refractivity contribution is 6.15. The van der Waals surface area contributed by atoms with Crippen molar-refractivity contribution in [2.24, 2.45) is 0 Å². The SMILES string of the molecule is CC(C)(C)c1cc(C(C)(C)C)c2cc3c4nc5nc(nc6[nH]c(nc7nc(nc([nH]4)c3ccc1-2)c1ccc2c(C(C)(C)C)cc(C(C)(C)C)c2cc71)c1cc2c(C(C)(C)C)cc(C(C)(C)C)c-2ccc61)c1ccc2c(C(C)(C)C)cc(C(C)(C)C)c2cc51. The van der Waals surface area contributed by atoms with Crippen molar-refractivity contribution in [3.8, 4) is 22.3 Å². The lowest BCUT2D eigenvalue weighted by Gasteiger charge is -2.19. The van der Waals surface area contributed by atoms with E-state index in [4.69, 9.17) is 29.9 Å². The molecule has 0 atom stereocenters. The summed E-state index contributed by atoms with van der Waals surface area (Å²) >= 11 is 0. The Hall–Kier alpha value is -7.84. The van der Waals surface area contributed by atoms with E-state index in [0.29, 0.717) is 45.2 Å². The summed E-state index contributed by atoms with van der Waals surface area (Å²) in [7, 11) is 0. The largest absolute Gasteiger partial charge is 0.324 e. The van der Waals surface area contributed by atoms with Gasteiger partial charge in [-0.05, 0) is 180 Å². The third-order valence-corrected chi connectivity index (χ3v) is 18.8. The summed E-state index contributed by atoms with van der Waals surface area (Å²) in [5.74, 6) is 0. The van der Waals surface area contributed by atoms with Crippen molar-refractivity contribution in [3.63, 3.8) is 0 Å². The van der Waals surface area contributed by atoms with Crippen LogP contribution in [0, 0.1) is 0 Å². The maximum atomic E-state index is 5.79. The van der Waals surface area contributed by atoms with Crippen molar-refractivity contribution in [3.05, 3.63) is 142 Å². The Balaban J connectivity index is 1.31. The molecule has 0 unspecified atom stereocenters. The van der Waals surface area contributed by atoms with Gasteiger partial charge in [0.05, 0.1) is 0 Å². The van der Waals surface area contributed by atoms with E-state index in [-0.39, 0.29) is 43.3 Å². The minimum Gasteiger partial charge on any atom is -0.324 e. The molecule has 13 rings (SSSR count). The zero-order valence-corrected chi connectivity index (χ0v) is 56.9. The predicted molar refractivity (Wildman–Crippen MR) is 377 cm³/mol. The third kappa shape index (κ3) is 9.60. The normalized spacial score (nSPS) is 13.9. The molecule has 88 heavy (non-hydrogen) atoms. The Morgan fingerprint density at radius 1 is 0.193 bits per heavy atom. The molecule has 9 aromatic rings. The Kier molecular flexibility index (Phi) is 12.7. The Labute approximate surface area is 520 Å². The molecule has 8 heteroatoms. The predicted octanol–water partition coefficient (Wildman–Crippen LogP) is 22.0. The summed E-state index contributed by atoms with van der Waals surface area (Å²) in [5, 5.41) is 12.2. The van der Waals surface area contributed by atoms with Crippen molar-refractivity contribution in [1.82, 2.24) is 39.9 Å². The lowest BCUT2D eigenvalue weighted by atomic mass is 9.85. The fraction of sp³-hybridized carbons (Fsp3) is 0.400. The molecule has 8 nitrogen and oxygen atoms in total. The van der Waals surface area contributed by atoms with Crippen LogP contribution >= 0.6 is 0 Å². The zero-order valence-electron chi connectivity index (χ0n) is 56.9. The van der Waals surface area contributed by atoms with Crippen LogP contribution in [0.25, 0.3) is 132 Å². The molecule has 450 valence electrons. The van der Waals surface area contributed by atoms with E-state index in [2.05, 4.69) is 273 Å². The summed E-state index contributed by atoms with van der Waals surface area (Å²) in [6.07, 6.45) is 0. The number of aromatic nitrogens is 8. The summed E-state index contributed by atoms with van der Waals surface area (Å²) in [5.41, 5.74) is 19.1. The van der Waals surface area contributed by atoms with Crippen molar-refractivity contribution < 1.29 is 0 Å². The number of rotatable bonds is 0. The van der Waals surface area contributed by atoms with Gasteiger partial charge in [0, 0.05) is 43.1 Å². The number of H-pyrrole nitrogens is 2. The maximum Gasteiger partial charge on any atom is 0.164 e. The lowest BCUT2D eigenvalue weighted by molar-refractivity contribution is 0.580. The fourth-order valence-corrected chi connectivity index (χ4v) is 14.2. The molecule has 0 radical (unpaired) electrons. The van der Waals surface area contributed by atoms with E-state index in [1.165, 1.54) is 88.3 Å². The average molecular weight is 1160 g/mol. The lowest BCUT2D eigenvalue weighted by Crippen LogP contribution is -2.12. The molecule has 0 fully saturated rings. The number of nitrogens with zero attached hydrogens (tertiary/aromatic N) is 6. The zero-order chi connectivity index (χ0) is 63.4. The first-order valence-electron chi connectivity index (χ1n) is 31.9. The summed E-state index contributed by atoms with van der Waals surface area (Å²) < 4.78 is 0. The van der Waals surface area contributed by atoms with Gasteiger partial charge >= 0.3 is 0 Å². The van der Waals surface area contributed by atoms with Crippen molar-refractivity contribution in [1.29, 1.82) is 0 Å². The van der Waals surface area contributed by atoms with Gasteiger partial charge in [-0.15, -0.1) is 0 Å². The second-order valence-electron chi connectivity index (χ2n) is 34.0. The first kappa shape index (κ1) is 59.1. The Morgan fingerprint density at radius 3 is 0.739 bits per heavy atom. The molecule has 5 heterocycles. The number of nitrogens with one attached hydrogen (secondary N) is 2. The first-order valence-corrected chi connectivity index (χ1v) is 31.9. The molecule has 8 bridgehead atoms. The highest BCUT2D eigenvalue weighted by Crippen LogP contribution is 2.49. The molecule has 0 aliphatic heterocycles. The van der Waals surface area contributed by atoms with Gasteiger partial charge in [-0.2, -0.15) is 0 Å². The van der Waals surface area contributed by atoms with Crippen molar-refractivity contribution in [2.45, 2.75) is 209 Å². The van der Waals surface area contributed by atoms with Crippen molar-refractivity contribution in [2.75, 3.05) is 0 Å². The number of hydrogen-bond acceptors (Lipinski definition) is 6. The van der Waals surface area contributed by atoms with Crippen LogP contribution in [0.5, 0.6) is 0 Å². The van der Waals surface area contributed by atoms with Crippen LogP contribution in [0.1, 0.15) is 211 Å².